The third kappa shape index (κ3) is 2.98. The first-order chi connectivity index (χ1) is 10.5. The van der Waals surface area contributed by atoms with Crippen LogP contribution in [0.1, 0.15) is 5.56 Å². The number of rotatable bonds is 3. The average molecular weight is 377 g/mol. The lowest BCUT2D eigenvalue weighted by Gasteiger charge is -2.09. The summed E-state index contributed by atoms with van der Waals surface area (Å²) in [6, 6.07) is 14.2. The number of pyridine rings is 1. The summed E-state index contributed by atoms with van der Waals surface area (Å²) in [5, 5.41) is 0.860. The molecule has 0 atom stereocenters. The number of halogens is 1. The van der Waals surface area contributed by atoms with Crippen molar-refractivity contribution in [2.24, 2.45) is 0 Å². The van der Waals surface area contributed by atoms with Gasteiger partial charge in [-0.15, -0.1) is 0 Å². The van der Waals surface area contributed by atoms with Gasteiger partial charge in [0.05, 0.1) is 22.3 Å². The highest BCUT2D eigenvalue weighted by atomic mass is 79.9. The molecule has 0 bridgehead atoms. The zero-order valence-corrected chi connectivity index (χ0v) is 14.1. The maximum Gasteiger partial charge on any atom is 0.261 e. The van der Waals surface area contributed by atoms with Crippen molar-refractivity contribution in [1.82, 2.24) is 4.98 Å². The van der Waals surface area contributed by atoms with Crippen LogP contribution in [0, 0.1) is 6.92 Å². The summed E-state index contributed by atoms with van der Waals surface area (Å²) in [5.74, 6) is 0. The van der Waals surface area contributed by atoms with Gasteiger partial charge in [0.1, 0.15) is 0 Å². The number of sulfonamides is 1. The van der Waals surface area contributed by atoms with Gasteiger partial charge >= 0.3 is 0 Å². The molecule has 0 aliphatic heterocycles. The van der Waals surface area contributed by atoms with E-state index < -0.39 is 10.0 Å². The molecule has 6 heteroatoms. The van der Waals surface area contributed by atoms with Crippen molar-refractivity contribution >= 4 is 42.5 Å². The molecule has 1 N–H and O–H groups in total. The van der Waals surface area contributed by atoms with Crippen LogP contribution in [0.5, 0.6) is 0 Å². The van der Waals surface area contributed by atoms with Crippen LogP contribution in [-0.4, -0.2) is 13.4 Å². The smallest absolute Gasteiger partial charge is 0.261 e. The van der Waals surface area contributed by atoms with Crippen LogP contribution in [0.3, 0.4) is 0 Å². The molecule has 0 spiro atoms. The molecule has 0 radical (unpaired) electrons. The second-order valence-corrected chi connectivity index (χ2v) is 7.49. The second kappa shape index (κ2) is 5.70. The Morgan fingerprint density at radius 2 is 1.86 bits per heavy atom. The molecule has 0 aliphatic carbocycles. The third-order valence-electron chi connectivity index (χ3n) is 3.21. The number of fused-ring (bicyclic) bond motifs is 1. The predicted molar refractivity (Wildman–Crippen MR) is 91.4 cm³/mol. The van der Waals surface area contributed by atoms with Gasteiger partial charge in [0, 0.05) is 9.86 Å². The molecule has 1 aromatic heterocycles. The van der Waals surface area contributed by atoms with Gasteiger partial charge < -0.3 is 0 Å². The first-order valence-corrected chi connectivity index (χ1v) is 8.87. The van der Waals surface area contributed by atoms with Crippen LogP contribution in [0.25, 0.3) is 10.9 Å². The van der Waals surface area contributed by atoms with E-state index in [9.17, 15) is 8.42 Å². The maximum absolute atomic E-state index is 12.4. The molecule has 0 unspecified atom stereocenters. The molecule has 112 valence electrons. The van der Waals surface area contributed by atoms with Gasteiger partial charge in [-0.05, 0) is 52.7 Å². The third-order valence-corrected chi connectivity index (χ3v) is 5.23. The zero-order chi connectivity index (χ0) is 15.7. The minimum absolute atomic E-state index is 0.238. The predicted octanol–water partition coefficient (Wildman–Crippen LogP) is 4.11. The van der Waals surface area contributed by atoms with Gasteiger partial charge in [-0.25, -0.2) is 8.42 Å². The number of para-hydroxylation sites is 1. The van der Waals surface area contributed by atoms with Crippen LogP contribution in [0.4, 0.5) is 5.69 Å². The van der Waals surface area contributed by atoms with Gasteiger partial charge in [-0.2, -0.15) is 0 Å². The minimum Gasteiger partial charge on any atom is -0.278 e. The summed E-state index contributed by atoms with van der Waals surface area (Å²) in [5.41, 5.74) is 2.12. The normalized spacial score (nSPS) is 11.5. The molecule has 2 aromatic carbocycles. The summed E-state index contributed by atoms with van der Waals surface area (Å²) in [4.78, 5) is 4.54. The topological polar surface area (TPSA) is 59.1 Å². The average Bonchev–Trinajstić information content (AvgIpc) is 2.47. The van der Waals surface area contributed by atoms with Crippen molar-refractivity contribution < 1.29 is 8.42 Å². The molecule has 1 heterocycles. The Labute approximate surface area is 137 Å². The van der Waals surface area contributed by atoms with E-state index in [0.717, 1.165) is 20.9 Å². The van der Waals surface area contributed by atoms with Crippen LogP contribution in [0.15, 0.2) is 64.1 Å². The van der Waals surface area contributed by atoms with Crippen LogP contribution >= 0.6 is 15.9 Å². The minimum atomic E-state index is -3.62. The number of nitrogens with one attached hydrogen (secondary N) is 1. The fourth-order valence-corrected chi connectivity index (χ4v) is 3.80. The highest BCUT2D eigenvalue weighted by Crippen LogP contribution is 2.25. The molecule has 3 aromatic rings. The quantitative estimate of drug-likeness (QED) is 0.748. The van der Waals surface area contributed by atoms with Crippen LogP contribution < -0.4 is 4.72 Å². The first kappa shape index (κ1) is 15.0. The zero-order valence-electron chi connectivity index (χ0n) is 11.7. The number of hydrogen-bond donors (Lipinski definition) is 1. The Balaban J connectivity index is 1.99. The van der Waals surface area contributed by atoms with Crippen molar-refractivity contribution in [3.8, 4) is 0 Å². The number of nitrogens with zero attached hydrogens (tertiary/aromatic N) is 1. The summed E-state index contributed by atoms with van der Waals surface area (Å²) >= 11 is 3.43. The molecule has 22 heavy (non-hydrogen) atoms. The molecule has 0 amide bonds. The largest absolute Gasteiger partial charge is 0.278 e. The van der Waals surface area contributed by atoms with Gasteiger partial charge in [-0.1, -0.05) is 24.3 Å². The maximum atomic E-state index is 12.4. The summed E-state index contributed by atoms with van der Waals surface area (Å²) in [7, 11) is -3.62. The van der Waals surface area contributed by atoms with E-state index in [0.29, 0.717) is 5.69 Å². The van der Waals surface area contributed by atoms with E-state index in [1.165, 1.54) is 6.20 Å². The molecule has 0 saturated heterocycles. The standard InChI is InChI=1S/C16H13BrN2O2S/c1-11-4-2-6-14(8-11)22(20,21)19-13-9-12-5-3-7-15(17)16(12)18-10-13/h2-10,19H,1H3. The molecule has 0 saturated carbocycles. The van der Waals surface area contributed by atoms with E-state index >= 15 is 0 Å². The van der Waals surface area contributed by atoms with E-state index in [-0.39, 0.29) is 4.90 Å². The molecular formula is C16H13BrN2O2S. The summed E-state index contributed by atoms with van der Waals surface area (Å²) in [6.45, 7) is 1.86. The van der Waals surface area contributed by atoms with Gasteiger partial charge in [0.15, 0.2) is 0 Å². The van der Waals surface area contributed by atoms with Crippen molar-refractivity contribution in [2.75, 3.05) is 4.72 Å². The summed E-state index contributed by atoms with van der Waals surface area (Å²) in [6.07, 6.45) is 1.51. The molecule has 0 aliphatic rings. The Bertz CT molecular complexity index is 955. The first-order valence-electron chi connectivity index (χ1n) is 6.59. The van der Waals surface area contributed by atoms with Crippen molar-refractivity contribution in [2.45, 2.75) is 11.8 Å². The number of hydrogen-bond acceptors (Lipinski definition) is 3. The van der Waals surface area contributed by atoms with Crippen LogP contribution in [0.2, 0.25) is 0 Å². The van der Waals surface area contributed by atoms with E-state index in [2.05, 4.69) is 25.6 Å². The van der Waals surface area contributed by atoms with Crippen molar-refractivity contribution in [1.29, 1.82) is 0 Å². The Morgan fingerprint density at radius 1 is 1.09 bits per heavy atom. The lowest BCUT2D eigenvalue weighted by atomic mass is 10.2. The van der Waals surface area contributed by atoms with E-state index in [4.69, 9.17) is 0 Å². The van der Waals surface area contributed by atoms with Gasteiger partial charge in [0.2, 0.25) is 0 Å². The second-order valence-electron chi connectivity index (χ2n) is 4.96. The molecular weight excluding hydrogens is 364 g/mol. The fraction of sp³-hybridized carbons (Fsp3) is 0.0625. The fourth-order valence-electron chi connectivity index (χ4n) is 2.18. The lowest BCUT2D eigenvalue weighted by molar-refractivity contribution is 0.601. The number of anilines is 1. The lowest BCUT2D eigenvalue weighted by Crippen LogP contribution is -2.13. The van der Waals surface area contributed by atoms with Crippen LogP contribution in [-0.2, 0) is 10.0 Å². The van der Waals surface area contributed by atoms with E-state index in [1.54, 1.807) is 24.3 Å². The Morgan fingerprint density at radius 3 is 2.64 bits per heavy atom. The highest BCUT2D eigenvalue weighted by Gasteiger charge is 2.14. The SMILES string of the molecule is Cc1cccc(S(=O)(=O)Nc2cnc3c(Br)cccc3c2)c1. The Kier molecular flexibility index (Phi) is 3.88. The van der Waals surface area contributed by atoms with Crippen molar-refractivity contribution in [3.63, 3.8) is 0 Å². The summed E-state index contributed by atoms with van der Waals surface area (Å²) < 4.78 is 28.3. The van der Waals surface area contributed by atoms with E-state index in [1.807, 2.05) is 31.2 Å². The Hall–Kier alpha value is -1.92. The highest BCUT2D eigenvalue weighted by molar-refractivity contribution is 9.10. The molecule has 4 nitrogen and oxygen atoms in total. The number of aryl methyl sites for hydroxylation is 1. The number of aromatic nitrogens is 1. The van der Waals surface area contributed by atoms with Gasteiger partial charge in [0.25, 0.3) is 10.0 Å². The number of benzene rings is 2. The van der Waals surface area contributed by atoms with Gasteiger partial charge in [-0.3, -0.25) is 9.71 Å². The monoisotopic (exact) mass is 376 g/mol. The molecule has 3 rings (SSSR count). The van der Waals surface area contributed by atoms with Crippen molar-refractivity contribution in [3.05, 3.63) is 64.8 Å². The molecule has 0 fully saturated rings.